The predicted octanol–water partition coefficient (Wildman–Crippen LogP) is 0.418. The fourth-order valence-corrected chi connectivity index (χ4v) is 1.76. The molecular formula is C14H24NO4+. The summed E-state index contributed by atoms with van der Waals surface area (Å²) < 4.78 is 16.3. The minimum absolute atomic E-state index is 0.231. The Labute approximate surface area is 114 Å². The van der Waals surface area contributed by atoms with E-state index in [9.17, 15) is 0 Å². The molecule has 0 aromatic heterocycles. The zero-order valence-corrected chi connectivity index (χ0v) is 11.7. The van der Waals surface area contributed by atoms with Gasteiger partial charge in [0.25, 0.3) is 0 Å². The number of ether oxygens (including phenoxy) is 3. The Morgan fingerprint density at radius 2 is 1.74 bits per heavy atom. The van der Waals surface area contributed by atoms with Gasteiger partial charge in [-0.3, -0.25) is 0 Å². The molecule has 19 heavy (non-hydrogen) atoms. The molecule has 0 atom stereocenters. The highest BCUT2D eigenvalue weighted by molar-refractivity contribution is 5.51. The summed E-state index contributed by atoms with van der Waals surface area (Å²) in [6.45, 7) is 2.63. The van der Waals surface area contributed by atoms with E-state index in [1.165, 1.54) is 0 Å². The van der Waals surface area contributed by atoms with Gasteiger partial charge in [-0.25, -0.2) is 0 Å². The number of methoxy groups -OCH3 is 2. The van der Waals surface area contributed by atoms with E-state index in [4.69, 9.17) is 19.3 Å². The van der Waals surface area contributed by atoms with Crippen molar-refractivity contribution in [1.82, 2.24) is 0 Å². The van der Waals surface area contributed by atoms with E-state index in [0.29, 0.717) is 23.9 Å². The van der Waals surface area contributed by atoms with Crippen molar-refractivity contribution in [3.05, 3.63) is 18.2 Å². The number of aliphatic hydroxyl groups excluding tert-OH is 1. The molecule has 1 aromatic carbocycles. The van der Waals surface area contributed by atoms with Crippen LogP contribution >= 0.6 is 0 Å². The van der Waals surface area contributed by atoms with E-state index >= 15 is 0 Å². The van der Waals surface area contributed by atoms with Crippen LogP contribution in [0, 0.1) is 0 Å². The second kappa shape index (κ2) is 9.47. The number of para-hydroxylation sites is 1. The first-order chi connectivity index (χ1) is 9.33. The van der Waals surface area contributed by atoms with Crippen molar-refractivity contribution in [1.29, 1.82) is 0 Å². The van der Waals surface area contributed by atoms with Crippen LogP contribution in [0.25, 0.3) is 0 Å². The van der Waals surface area contributed by atoms with E-state index < -0.39 is 0 Å². The molecule has 0 saturated heterocycles. The Hall–Kier alpha value is -1.46. The van der Waals surface area contributed by atoms with Crippen LogP contribution < -0.4 is 19.5 Å². The fourth-order valence-electron chi connectivity index (χ4n) is 1.76. The molecule has 0 heterocycles. The summed E-state index contributed by atoms with van der Waals surface area (Å²) in [5.74, 6) is 2.03. The second-order valence-electron chi connectivity index (χ2n) is 4.14. The van der Waals surface area contributed by atoms with Gasteiger partial charge in [-0.2, -0.15) is 0 Å². The predicted molar refractivity (Wildman–Crippen MR) is 73.0 cm³/mol. The monoisotopic (exact) mass is 270 g/mol. The lowest BCUT2D eigenvalue weighted by molar-refractivity contribution is -0.656. The molecule has 0 spiro atoms. The normalized spacial score (nSPS) is 10.3. The van der Waals surface area contributed by atoms with Gasteiger partial charge in [0.05, 0.1) is 40.5 Å². The molecule has 0 aliphatic carbocycles. The Morgan fingerprint density at radius 3 is 2.32 bits per heavy atom. The number of hydrogen-bond acceptors (Lipinski definition) is 4. The molecule has 1 aromatic rings. The average Bonchev–Trinajstić information content (AvgIpc) is 2.46. The number of unbranched alkanes of at least 4 members (excludes halogenated alkanes) is 1. The van der Waals surface area contributed by atoms with Gasteiger partial charge in [0.1, 0.15) is 0 Å². The number of hydrogen-bond donors (Lipinski definition) is 2. The molecule has 0 unspecified atom stereocenters. The lowest BCUT2D eigenvalue weighted by Crippen LogP contribution is -2.85. The smallest absolute Gasteiger partial charge is 0.203 e. The van der Waals surface area contributed by atoms with Gasteiger partial charge < -0.3 is 24.6 Å². The van der Waals surface area contributed by atoms with Gasteiger partial charge in [0.2, 0.25) is 5.75 Å². The molecule has 0 bridgehead atoms. The number of aliphatic hydroxyl groups is 1. The molecule has 0 radical (unpaired) electrons. The van der Waals surface area contributed by atoms with Gasteiger partial charge in [-0.1, -0.05) is 6.07 Å². The van der Waals surface area contributed by atoms with E-state index in [0.717, 1.165) is 25.9 Å². The highest BCUT2D eigenvalue weighted by Gasteiger charge is 2.10. The highest BCUT2D eigenvalue weighted by Crippen LogP contribution is 2.36. The van der Waals surface area contributed by atoms with Crippen LogP contribution in [0.3, 0.4) is 0 Å². The Kier molecular flexibility index (Phi) is 7.77. The van der Waals surface area contributed by atoms with Crippen molar-refractivity contribution in [3.63, 3.8) is 0 Å². The summed E-state index contributed by atoms with van der Waals surface area (Å²) in [7, 11) is 3.23. The summed E-state index contributed by atoms with van der Waals surface area (Å²) >= 11 is 0. The quantitative estimate of drug-likeness (QED) is 0.605. The molecule has 0 aliphatic rings. The van der Waals surface area contributed by atoms with Crippen molar-refractivity contribution >= 4 is 0 Å². The first-order valence-electron chi connectivity index (χ1n) is 6.59. The Balaban J connectivity index is 2.35. The van der Waals surface area contributed by atoms with Crippen LogP contribution in [-0.4, -0.2) is 45.6 Å². The zero-order valence-electron chi connectivity index (χ0n) is 11.7. The number of rotatable bonds is 10. The molecule has 0 aliphatic heterocycles. The lowest BCUT2D eigenvalue weighted by atomic mass is 10.3. The topological polar surface area (TPSA) is 64.5 Å². The van der Waals surface area contributed by atoms with Crippen molar-refractivity contribution in [2.24, 2.45) is 0 Å². The summed E-state index contributed by atoms with van der Waals surface area (Å²) in [6, 6.07) is 5.58. The molecule has 108 valence electrons. The molecule has 0 amide bonds. The van der Waals surface area contributed by atoms with Gasteiger partial charge in [-0.05, 0) is 25.0 Å². The van der Waals surface area contributed by atoms with Crippen LogP contribution in [0.4, 0.5) is 0 Å². The third kappa shape index (κ3) is 5.36. The second-order valence-corrected chi connectivity index (χ2v) is 4.14. The van der Waals surface area contributed by atoms with E-state index in [2.05, 4.69) is 5.32 Å². The molecule has 0 fully saturated rings. The molecule has 0 saturated carbocycles. The van der Waals surface area contributed by atoms with Gasteiger partial charge in [0, 0.05) is 0 Å². The van der Waals surface area contributed by atoms with Crippen molar-refractivity contribution < 1.29 is 24.6 Å². The summed E-state index contributed by atoms with van der Waals surface area (Å²) in [6.07, 6.45) is 2.01. The van der Waals surface area contributed by atoms with Crippen LogP contribution in [0.1, 0.15) is 12.8 Å². The number of benzene rings is 1. The highest BCUT2D eigenvalue weighted by atomic mass is 16.5. The summed E-state index contributed by atoms with van der Waals surface area (Å²) in [5, 5.41) is 10.8. The van der Waals surface area contributed by atoms with E-state index in [1.54, 1.807) is 14.2 Å². The van der Waals surface area contributed by atoms with Crippen molar-refractivity contribution in [3.8, 4) is 17.2 Å². The third-order valence-electron chi connectivity index (χ3n) is 2.76. The number of quaternary nitrogens is 1. The van der Waals surface area contributed by atoms with Crippen molar-refractivity contribution in [2.75, 3.05) is 40.5 Å². The third-order valence-corrected chi connectivity index (χ3v) is 2.76. The Bertz CT molecular complexity index is 335. The maximum atomic E-state index is 8.65. The maximum absolute atomic E-state index is 8.65. The number of nitrogens with two attached hydrogens (primary N) is 1. The molecule has 1 rings (SSSR count). The zero-order chi connectivity index (χ0) is 13.9. The van der Waals surface area contributed by atoms with Crippen molar-refractivity contribution in [2.45, 2.75) is 12.8 Å². The minimum Gasteiger partial charge on any atom is -0.493 e. The average molecular weight is 270 g/mol. The first-order valence-corrected chi connectivity index (χ1v) is 6.59. The van der Waals surface area contributed by atoms with E-state index in [1.807, 2.05) is 18.2 Å². The lowest BCUT2D eigenvalue weighted by Gasteiger charge is -2.13. The minimum atomic E-state index is 0.231. The maximum Gasteiger partial charge on any atom is 0.203 e. The fraction of sp³-hybridized carbons (Fsp3) is 0.571. The molecule has 5 heteroatoms. The van der Waals surface area contributed by atoms with Gasteiger partial charge in [0.15, 0.2) is 11.5 Å². The largest absolute Gasteiger partial charge is 0.493 e. The SMILES string of the molecule is COc1cccc(OC)c1OCCCC[NH2+]CCO. The molecular weight excluding hydrogens is 246 g/mol. The van der Waals surface area contributed by atoms with Gasteiger partial charge in [-0.15, -0.1) is 0 Å². The van der Waals surface area contributed by atoms with E-state index in [-0.39, 0.29) is 6.61 Å². The van der Waals surface area contributed by atoms with Crippen LogP contribution in [0.15, 0.2) is 18.2 Å². The van der Waals surface area contributed by atoms with Crippen LogP contribution in [-0.2, 0) is 0 Å². The summed E-state index contributed by atoms with van der Waals surface area (Å²) in [5.41, 5.74) is 0. The van der Waals surface area contributed by atoms with Crippen LogP contribution in [0.5, 0.6) is 17.2 Å². The molecule has 3 N–H and O–H groups in total. The Morgan fingerprint density at radius 1 is 1.05 bits per heavy atom. The first kappa shape index (κ1) is 15.6. The van der Waals surface area contributed by atoms with Gasteiger partial charge >= 0.3 is 0 Å². The molecule has 5 nitrogen and oxygen atoms in total. The summed E-state index contributed by atoms with van der Waals surface area (Å²) in [4.78, 5) is 0. The van der Waals surface area contributed by atoms with Crippen LogP contribution in [0.2, 0.25) is 0 Å². The standard InChI is InChI=1S/C14H23NO4/c1-17-12-6-5-7-13(18-2)14(12)19-11-4-3-8-15-9-10-16/h5-7,15-16H,3-4,8-11H2,1-2H3/p+1.